The molecule has 0 aliphatic carbocycles. The van der Waals surface area contributed by atoms with Crippen molar-refractivity contribution >= 4 is 44.9 Å². The molecular weight excluding hydrogens is 393 g/mol. The van der Waals surface area contributed by atoms with E-state index in [9.17, 15) is 26.4 Å². The van der Waals surface area contributed by atoms with Crippen molar-refractivity contribution in [3.8, 4) is 0 Å². The zero-order valence-corrected chi connectivity index (χ0v) is 14.3. The minimum Gasteiger partial charge on any atom is -0.308 e. The molecule has 0 spiro atoms. The van der Waals surface area contributed by atoms with Gasteiger partial charge in [-0.2, -0.15) is 13.2 Å². The maximum absolute atomic E-state index is 12.8. The van der Waals surface area contributed by atoms with Crippen LogP contribution in [0.1, 0.15) is 11.1 Å². The van der Waals surface area contributed by atoms with Gasteiger partial charge in [0, 0.05) is 16.8 Å². The first-order valence-corrected chi connectivity index (χ1v) is 9.01. The number of carbonyl (C=O) groups excluding carboxylic acids is 1. The molecule has 1 heterocycles. The summed E-state index contributed by atoms with van der Waals surface area (Å²) in [6.45, 7) is 0. The number of sulfone groups is 1. The monoisotopic (exact) mass is 402 g/mol. The van der Waals surface area contributed by atoms with Gasteiger partial charge >= 0.3 is 12.2 Å². The molecule has 2 aromatic rings. The predicted molar refractivity (Wildman–Crippen MR) is 91.8 cm³/mol. The quantitative estimate of drug-likeness (QED) is 0.760. The highest BCUT2D eigenvalue weighted by molar-refractivity contribution is 7.94. The normalized spacial score (nSPS) is 14.8. The van der Waals surface area contributed by atoms with E-state index in [4.69, 9.17) is 11.6 Å². The standard InChI is InChI=1S/C16H10ClF3N2O3S/c17-13-4-3-10(7-12(13)16(18,19)20)21-15(23)22-11-2-1-9-5-6-26(24,25)14(9)8-11/h1-8H,(H2,21,22,23). The Balaban J connectivity index is 1.77. The fourth-order valence-electron chi connectivity index (χ4n) is 2.35. The lowest BCUT2D eigenvalue weighted by Crippen LogP contribution is -2.20. The average Bonchev–Trinajstić information content (AvgIpc) is 2.83. The number of benzene rings is 2. The summed E-state index contributed by atoms with van der Waals surface area (Å²) in [7, 11) is -3.54. The molecule has 136 valence electrons. The van der Waals surface area contributed by atoms with Gasteiger partial charge < -0.3 is 10.6 Å². The van der Waals surface area contributed by atoms with E-state index in [0.717, 1.165) is 11.5 Å². The van der Waals surface area contributed by atoms with Crippen LogP contribution in [0.2, 0.25) is 5.02 Å². The summed E-state index contributed by atoms with van der Waals surface area (Å²) >= 11 is 5.52. The number of hydrogen-bond donors (Lipinski definition) is 2. The molecular formula is C16H10ClF3N2O3S. The molecule has 0 saturated heterocycles. The van der Waals surface area contributed by atoms with E-state index in [2.05, 4.69) is 10.6 Å². The van der Waals surface area contributed by atoms with Crippen LogP contribution in [0.15, 0.2) is 46.7 Å². The van der Waals surface area contributed by atoms with Crippen LogP contribution in [0.4, 0.5) is 29.3 Å². The lowest BCUT2D eigenvalue weighted by atomic mass is 10.2. The first-order chi connectivity index (χ1) is 12.1. The lowest BCUT2D eigenvalue weighted by Gasteiger charge is -2.12. The van der Waals surface area contributed by atoms with Gasteiger partial charge in [0.2, 0.25) is 9.84 Å². The molecule has 0 bridgehead atoms. The largest absolute Gasteiger partial charge is 0.417 e. The van der Waals surface area contributed by atoms with Gasteiger partial charge in [0.05, 0.1) is 15.5 Å². The van der Waals surface area contributed by atoms with Crippen LogP contribution in [-0.4, -0.2) is 14.4 Å². The van der Waals surface area contributed by atoms with Crippen LogP contribution in [-0.2, 0) is 16.0 Å². The van der Waals surface area contributed by atoms with Crippen LogP contribution in [0.3, 0.4) is 0 Å². The zero-order chi connectivity index (χ0) is 19.1. The van der Waals surface area contributed by atoms with Crippen molar-refractivity contribution in [3.63, 3.8) is 0 Å². The Hall–Kier alpha value is -2.52. The van der Waals surface area contributed by atoms with E-state index in [1.54, 1.807) is 0 Å². The van der Waals surface area contributed by atoms with E-state index in [1.807, 2.05) is 0 Å². The Bertz CT molecular complexity index is 1030. The molecule has 0 unspecified atom stereocenters. The van der Waals surface area contributed by atoms with Crippen LogP contribution in [0.5, 0.6) is 0 Å². The minimum atomic E-state index is -4.66. The van der Waals surface area contributed by atoms with Gasteiger partial charge in [-0.3, -0.25) is 0 Å². The Morgan fingerprint density at radius 2 is 1.62 bits per heavy atom. The molecule has 5 nitrogen and oxygen atoms in total. The van der Waals surface area contributed by atoms with E-state index >= 15 is 0 Å². The fourth-order valence-corrected chi connectivity index (χ4v) is 3.80. The third kappa shape index (κ3) is 3.68. The van der Waals surface area contributed by atoms with E-state index < -0.39 is 32.6 Å². The van der Waals surface area contributed by atoms with E-state index in [1.165, 1.54) is 30.3 Å². The van der Waals surface area contributed by atoms with Gasteiger partial charge in [0.1, 0.15) is 0 Å². The summed E-state index contributed by atoms with van der Waals surface area (Å²) in [5.74, 6) is 0. The summed E-state index contributed by atoms with van der Waals surface area (Å²) in [5.41, 5.74) is -0.525. The molecule has 0 aromatic heterocycles. The molecule has 0 saturated carbocycles. The number of nitrogens with one attached hydrogen (secondary N) is 2. The van der Waals surface area contributed by atoms with Gasteiger partial charge in [0.25, 0.3) is 0 Å². The van der Waals surface area contributed by atoms with Crippen LogP contribution in [0, 0.1) is 0 Å². The number of carbonyl (C=O) groups is 1. The third-order valence-corrected chi connectivity index (χ3v) is 5.32. The van der Waals surface area contributed by atoms with Crippen LogP contribution in [0.25, 0.3) is 6.08 Å². The molecule has 10 heteroatoms. The molecule has 0 radical (unpaired) electrons. The molecule has 26 heavy (non-hydrogen) atoms. The van der Waals surface area contributed by atoms with Gasteiger partial charge in [-0.15, -0.1) is 0 Å². The second-order valence-electron chi connectivity index (χ2n) is 5.37. The number of anilines is 2. The van der Waals surface area contributed by atoms with Gasteiger partial charge in [-0.1, -0.05) is 17.7 Å². The van der Waals surface area contributed by atoms with Crippen molar-refractivity contribution in [3.05, 3.63) is 58.0 Å². The van der Waals surface area contributed by atoms with E-state index in [-0.39, 0.29) is 16.3 Å². The summed E-state index contributed by atoms with van der Waals surface area (Å²) in [5, 5.41) is 5.18. The molecule has 0 fully saturated rings. The number of fused-ring (bicyclic) bond motifs is 1. The number of urea groups is 1. The SMILES string of the molecule is O=C(Nc1ccc(Cl)c(C(F)(F)F)c1)Nc1ccc2c(c1)S(=O)(=O)C=C2. The van der Waals surface area contributed by atoms with Gasteiger partial charge in [-0.25, -0.2) is 13.2 Å². The first-order valence-electron chi connectivity index (χ1n) is 7.08. The highest BCUT2D eigenvalue weighted by Crippen LogP contribution is 2.36. The number of amides is 2. The Morgan fingerprint density at radius 1 is 1.00 bits per heavy atom. The Labute approximate surface area is 151 Å². The highest BCUT2D eigenvalue weighted by atomic mass is 35.5. The number of hydrogen-bond acceptors (Lipinski definition) is 3. The lowest BCUT2D eigenvalue weighted by molar-refractivity contribution is -0.137. The summed E-state index contributed by atoms with van der Waals surface area (Å²) in [6.07, 6.45) is -3.23. The van der Waals surface area contributed by atoms with Crippen molar-refractivity contribution in [1.29, 1.82) is 0 Å². The fraction of sp³-hybridized carbons (Fsp3) is 0.0625. The molecule has 3 rings (SSSR count). The summed E-state index contributed by atoms with van der Waals surface area (Å²) < 4.78 is 62.1. The molecule has 2 amide bonds. The second-order valence-corrected chi connectivity index (χ2v) is 7.58. The Morgan fingerprint density at radius 3 is 2.27 bits per heavy atom. The average molecular weight is 403 g/mol. The predicted octanol–water partition coefficient (Wildman–Crippen LogP) is 4.76. The molecule has 2 aromatic carbocycles. The molecule has 1 aliphatic heterocycles. The molecule has 2 N–H and O–H groups in total. The van der Waals surface area contributed by atoms with Crippen molar-refractivity contribution in [2.45, 2.75) is 11.1 Å². The van der Waals surface area contributed by atoms with Crippen molar-refractivity contribution in [1.82, 2.24) is 0 Å². The van der Waals surface area contributed by atoms with Crippen LogP contribution < -0.4 is 10.6 Å². The topological polar surface area (TPSA) is 75.3 Å². The zero-order valence-electron chi connectivity index (χ0n) is 12.8. The summed E-state index contributed by atoms with van der Waals surface area (Å²) in [4.78, 5) is 12.0. The highest BCUT2D eigenvalue weighted by Gasteiger charge is 2.33. The van der Waals surface area contributed by atoms with Crippen molar-refractivity contribution < 1.29 is 26.4 Å². The second kappa shape index (κ2) is 6.33. The minimum absolute atomic E-state index is 0.0427. The molecule has 0 atom stereocenters. The Kier molecular flexibility index (Phi) is 4.45. The van der Waals surface area contributed by atoms with E-state index in [0.29, 0.717) is 11.6 Å². The van der Waals surface area contributed by atoms with Crippen molar-refractivity contribution in [2.75, 3.05) is 10.6 Å². The first kappa shape index (κ1) is 18.3. The number of halogens is 4. The number of rotatable bonds is 2. The number of alkyl halides is 3. The third-order valence-electron chi connectivity index (χ3n) is 3.53. The smallest absolute Gasteiger partial charge is 0.308 e. The van der Waals surface area contributed by atoms with Crippen molar-refractivity contribution in [2.24, 2.45) is 0 Å². The molecule has 1 aliphatic rings. The van der Waals surface area contributed by atoms with Gasteiger partial charge in [-0.05, 0) is 42.0 Å². The van der Waals surface area contributed by atoms with Gasteiger partial charge in [0.15, 0.2) is 0 Å². The maximum Gasteiger partial charge on any atom is 0.417 e. The van der Waals surface area contributed by atoms with Crippen LogP contribution >= 0.6 is 11.6 Å². The maximum atomic E-state index is 12.8. The summed E-state index contributed by atoms with van der Waals surface area (Å²) in [6, 6.07) is 6.38.